The Morgan fingerprint density at radius 2 is 1.78 bits per heavy atom. The Morgan fingerprint density at radius 1 is 1.03 bits per heavy atom. The van der Waals surface area contributed by atoms with Gasteiger partial charge < -0.3 is 4.74 Å². The topological polar surface area (TPSA) is 96.1 Å². The van der Waals surface area contributed by atoms with Crippen LogP contribution in [0.2, 0.25) is 5.02 Å². The molecule has 0 radical (unpaired) electrons. The van der Waals surface area contributed by atoms with Crippen LogP contribution in [0.4, 0.5) is 0 Å². The minimum Gasteiger partial charge on any atom is -0.452 e. The molecule has 0 bridgehead atoms. The zero-order valence-corrected chi connectivity index (χ0v) is 17.7. The predicted molar refractivity (Wildman–Crippen MR) is 118 cm³/mol. The molecule has 0 atom stereocenters. The molecule has 9 heteroatoms. The van der Waals surface area contributed by atoms with E-state index < -0.39 is 29.5 Å². The van der Waals surface area contributed by atoms with E-state index in [2.05, 4.69) is 10.2 Å². The highest BCUT2D eigenvalue weighted by Gasteiger charge is 2.19. The first-order chi connectivity index (χ1) is 15.4. The van der Waals surface area contributed by atoms with Crippen molar-refractivity contribution in [3.8, 4) is 11.4 Å². The van der Waals surface area contributed by atoms with Gasteiger partial charge in [-0.2, -0.15) is 10.2 Å². The average Bonchev–Trinajstić information content (AvgIpc) is 3.28. The molecule has 0 unspecified atom stereocenters. The minimum atomic E-state index is -0.991. The van der Waals surface area contributed by atoms with Crippen molar-refractivity contribution in [1.29, 1.82) is 0 Å². The van der Waals surface area contributed by atoms with E-state index in [0.717, 1.165) is 5.69 Å². The van der Waals surface area contributed by atoms with Crippen LogP contribution in [0, 0.1) is 6.92 Å². The van der Waals surface area contributed by atoms with Crippen LogP contribution in [0.3, 0.4) is 0 Å². The number of para-hydroxylation sites is 1. The Morgan fingerprint density at radius 3 is 2.53 bits per heavy atom. The maximum atomic E-state index is 12.5. The lowest BCUT2D eigenvalue weighted by Gasteiger charge is -2.11. The second-order valence-electron chi connectivity index (χ2n) is 6.90. The van der Waals surface area contributed by atoms with E-state index >= 15 is 0 Å². The first-order valence-corrected chi connectivity index (χ1v) is 9.97. The van der Waals surface area contributed by atoms with Gasteiger partial charge in [0.15, 0.2) is 6.61 Å². The molecule has 0 saturated carbocycles. The normalized spacial score (nSPS) is 10.7. The third kappa shape index (κ3) is 4.50. The molecular weight excluding hydrogens is 432 g/mol. The molecular formula is C23H17ClN4O4. The summed E-state index contributed by atoms with van der Waals surface area (Å²) in [4.78, 5) is 37.2. The third-order valence-electron chi connectivity index (χ3n) is 4.61. The maximum Gasteiger partial charge on any atom is 0.363 e. The number of ketones is 1. The molecule has 2 aromatic heterocycles. The molecule has 0 fully saturated rings. The lowest BCUT2D eigenvalue weighted by Crippen LogP contribution is -2.25. The number of rotatable bonds is 6. The molecule has 0 aliphatic heterocycles. The van der Waals surface area contributed by atoms with Crippen molar-refractivity contribution in [2.24, 2.45) is 0 Å². The molecule has 2 aromatic carbocycles. The van der Waals surface area contributed by atoms with Crippen LogP contribution in [0.15, 0.2) is 77.9 Å². The summed E-state index contributed by atoms with van der Waals surface area (Å²) in [5.41, 5.74) is 1.12. The predicted octanol–water partition coefficient (Wildman–Crippen LogP) is 3.42. The number of hydrogen-bond donors (Lipinski definition) is 0. The van der Waals surface area contributed by atoms with E-state index in [9.17, 15) is 14.4 Å². The number of aryl methyl sites for hydroxylation is 1. The van der Waals surface area contributed by atoms with Crippen LogP contribution in [-0.2, 0) is 4.74 Å². The number of Topliss-reactive ketones (excluding diaryl/α,β-unsaturated/α-hetero) is 1. The number of carbonyl (C=O) groups excluding carboxylic acids is 2. The average molecular weight is 449 g/mol. The fraction of sp³-hybridized carbons (Fsp3) is 0.0870. The number of benzene rings is 2. The molecule has 8 nitrogen and oxygen atoms in total. The van der Waals surface area contributed by atoms with E-state index in [1.54, 1.807) is 42.1 Å². The first-order valence-electron chi connectivity index (χ1n) is 9.60. The summed E-state index contributed by atoms with van der Waals surface area (Å²) in [7, 11) is 0. The van der Waals surface area contributed by atoms with Gasteiger partial charge >= 0.3 is 5.97 Å². The standard InChI is InChI=1S/C23H17ClN4O4/c1-15-10-20(29)22(26-28(15)19-9-5-6-17(24)11-19)23(31)32-14-21(30)16-12-25-27(13-16)18-7-3-2-4-8-18/h2-13H,14H2,1H3. The van der Waals surface area contributed by atoms with E-state index in [0.29, 0.717) is 16.4 Å². The van der Waals surface area contributed by atoms with E-state index in [4.69, 9.17) is 16.3 Å². The van der Waals surface area contributed by atoms with Gasteiger partial charge in [0.25, 0.3) is 0 Å². The van der Waals surface area contributed by atoms with Crippen molar-refractivity contribution < 1.29 is 14.3 Å². The minimum absolute atomic E-state index is 0.273. The van der Waals surface area contributed by atoms with E-state index in [1.165, 1.54) is 16.9 Å². The van der Waals surface area contributed by atoms with Crippen molar-refractivity contribution in [3.05, 3.63) is 105 Å². The Hall–Kier alpha value is -4.04. The second-order valence-corrected chi connectivity index (χ2v) is 7.34. The van der Waals surface area contributed by atoms with Gasteiger partial charge in [-0.1, -0.05) is 35.9 Å². The molecule has 0 saturated heterocycles. The largest absolute Gasteiger partial charge is 0.452 e. The highest BCUT2D eigenvalue weighted by molar-refractivity contribution is 6.30. The maximum absolute atomic E-state index is 12.5. The second kappa shape index (κ2) is 8.99. The Kier molecular flexibility index (Phi) is 5.96. The number of esters is 1. The fourth-order valence-electron chi connectivity index (χ4n) is 3.03. The van der Waals surface area contributed by atoms with Gasteiger partial charge in [0.05, 0.1) is 23.1 Å². The molecule has 0 aliphatic rings. The summed E-state index contributed by atoms with van der Waals surface area (Å²) in [5, 5.41) is 8.75. The molecule has 4 aromatic rings. The molecule has 0 aliphatic carbocycles. The number of carbonyl (C=O) groups is 2. The van der Waals surface area contributed by atoms with Crippen LogP contribution in [0.25, 0.3) is 11.4 Å². The summed E-state index contributed by atoms with van der Waals surface area (Å²) in [6.07, 6.45) is 2.93. The number of ether oxygens (including phenoxy) is 1. The van der Waals surface area contributed by atoms with Gasteiger partial charge in [0.1, 0.15) is 0 Å². The van der Waals surface area contributed by atoms with Crippen molar-refractivity contribution in [1.82, 2.24) is 19.6 Å². The van der Waals surface area contributed by atoms with E-state index in [-0.39, 0.29) is 5.56 Å². The third-order valence-corrected chi connectivity index (χ3v) is 4.85. The van der Waals surface area contributed by atoms with Gasteiger partial charge in [0, 0.05) is 23.0 Å². The van der Waals surface area contributed by atoms with Crippen molar-refractivity contribution >= 4 is 23.4 Å². The Bertz CT molecular complexity index is 1360. The van der Waals surface area contributed by atoms with Gasteiger partial charge in [-0.05, 0) is 37.3 Å². The molecule has 0 spiro atoms. The zero-order chi connectivity index (χ0) is 22.7. The van der Waals surface area contributed by atoms with E-state index in [1.807, 2.05) is 30.3 Å². The molecule has 2 heterocycles. The Balaban J connectivity index is 1.50. The van der Waals surface area contributed by atoms with Crippen LogP contribution in [0.5, 0.6) is 0 Å². The summed E-state index contributed by atoms with van der Waals surface area (Å²) in [6, 6.07) is 17.3. The van der Waals surface area contributed by atoms with Crippen molar-refractivity contribution in [2.75, 3.05) is 6.61 Å². The summed E-state index contributed by atoms with van der Waals surface area (Å²) < 4.78 is 8.02. The monoisotopic (exact) mass is 448 g/mol. The number of aromatic nitrogens is 4. The highest BCUT2D eigenvalue weighted by atomic mass is 35.5. The van der Waals surface area contributed by atoms with Crippen LogP contribution in [-0.4, -0.2) is 37.9 Å². The zero-order valence-electron chi connectivity index (χ0n) is 16.9. The quantitative estimate of drug-likeness (QED) is 0.331. The SMILES string of the molecule is Cc1cc(=O)c(C(=O)OCC(=O)c2cnn(-c3ccccc3)c2)nn1-c1cccc(Cl)c1. The van der Waals surface area contributed by atoms with Gasteiger partial charge in [-0.3, -0.25) is 9.59 Å². The first kappa shape index (κ1) is 21.2. The molecule has 160 valence electrons. The molecule has 32 heavy (non-hydrogen) atoms. The summed E-state index contributed by atoms with van der Waals surface area (Å²) in [6.45, 7) is 1.13. The van der Waals surface area contributed by atoms with Crippen LogP contribution >= 0.6 is 11.6 Å². The molecule has 0 amide bonds. The summed E-state index contributed by atoms with van der Waals surface area (Å²) >= 11 is 6.03. The molecule has 4 rings (SSSR count). The van der Waals surface area contributed by atoms with Gasteiger partial charge in [-0.15, -0.1) is 0 Å². The lowest BCUT2D eigenvalue weighted by atomic mass is 10.2. The highest BCUT2D eigenvalue weighted by Crippen LogP contribution is 2.15. The van der Waals surface area contributed by atoms with Crippen LogP contribution < -0.4 is 5.43 Å². The fourth-order valence-corrected chi connectivity index (χ4v) is 3.21. The number of hydrogen-bond acceptors (Lipinski definition) is 6. The lowest BCUT2D eigenvalue weighted by molar-refractivity contribution is 0.0465. The van der Waals surface area contributed by atoms with Gasteiger partial charge in [0.2, 0.25) is 16.9 Å². The Labute approximate surface area is 187 Å². The van der Waals surface area contributed by atoms with Crippen molar-refractivity contribution in [3.63, 3.8) is 0 Å². The van der Waals surface area contributed by atoms with Crippen molar-refractivity contribution in [2.45, 2.75) is 6.92 Å². The number of halogens is 1. The smallest absolute Gasteiger partial charge is 0.363 e. The summed E-state index contributed by atoms with van der Waals surface area (Å²) in [5.74, 6) is -1.45. The van der Waals surface area contributed by atoms with Gasteiger partial charge in [-0.25, -0.2) is 14.2 Å². The number of nitrogens with zero attached hydrogens (tertiary/aromatic N) is 4. The van der Waals surface area contributed by atoms with Crippen LogP contribution in [0.1, 0.15) is 26.5 Å². The molecule has 0 N–H and O–H groups in total.